The van der Waals surface area contributed by atoms with E-state index in [0.717, 1.165) is 18.2 Å². The Labute approximate surface area is 142 Å². The second-order valence-electron chi connectivity index (χ2n) is 5.24. The molecule has 1 heterocycles. The SMILES string of the molecule is NC(=O)c1ccccc1NC(=O)[C@H]1Nc2cc(F)ccc2S(=O)(=O)N1. The lowest BCUT2D eigenvalue weighted by atomic mass is 10.1. The first-order valence-corrected chi connectivity index (χ1v) is 8.54. The van der Waals surface area contributed by atoms with E-state index in [-0.39, 0.29) is 21.8 Å². The number of rotatable bonds is 3. The number of nitrogens with two attached hydrogens (primary N) is 1. The molecule has 10 heteroatoms. The minimum absolute atomic E-state index is 0.0397. The van der Waals surface area contributed by atoms with E-state index < -0.39 is 33.8 Å². The predicted octanol–water partition coefficient (Wildman–Crippen LogP) is 0.593. The van der Waals surface area contributed by atoms with Crippen LogP contribution in [0.5, 0.6) is 0 Å². The molecule has 2 amide bonds. The van der Waals surface area contributed by atoms with Gasteiger partial charge in [0.05, 0.1) is 16.9 Å². The Balaban J connectivity index is 1.89. The molecule has 0 saturated heterocycles. The highest BCUT2D eigenvalue weighted by Crippen LogP contribution is 2.27. The highest BCUT2D eigenvalue weighted by molar-refractivity contribution is 7.89. The molecule has 8 nitrogen and oxygen atoms in total. The molecule has 1 aliphatic heterocycles. The van der Waals surface area contributed by atoms with Crippen molar-refractivity contribution < 1.29 is 22.4 Å². The summed E-state index contributed by atoms with van der Waals surface area (Å²) in [5.41, 5.74) is 5.39. The second kappa shape index (κ2) is 6.15. The summed E-state index contributed by atoms with van der Waals surface area (Å²) in [7, 11) is -4.00. The van der Waals surface area contributed by atoms with Crippen molar-refractivity contribution in [1.29, 1.82) is 0 Å². The van der Waals surface area contributed by atoms with Gasteiger partial charge in [-0.15, -0.1) is 0 Å². The molecule has 130 valence electrons. The Morgan fingerprint density at radius 1 is 1.16 bits per heavy atom. The van der Waals surface area contributed by atoms with Crippen LogP contribution in [-0.2, 0) is 14.8 Å². The van der Waals surface area contributed by atoms with E-state index in [9.17, 15) is 22.4 Å². The van der Waals surface area contributed by atoms with Crippen LogP contribution in [0.15, 0.2) is 47.4 Å². The number of fused-ring (bicyclic) bond motifs is 1. The number of carbonyl (C=O) groups is 2. The molecule has 0 radical (unpaired) electrons. The van der Waals surface area contributed by atoms with Crippen LogP contribution in [0.4, 0.5) is 15.8 Å². The van der Waals surface area contributed by atoms with Crippen molar-refractivity contribution in [1.82, 2.24) is 4.72 Å². The van der Waals surface area contributed by atoms with Gasteiger partial charge < -0.3 is 16.4 Å². The Bertz CT molecular complexity index is 977. The van der Waals surface area contributed by atoms with E-state index in [2.05, 4.69) is 15.4 Å². The minimum atomic E-state index is -4.00. The molecule has 1 atom stereocenters. The van der Waals surface area contributed by atoms with Crippen LogP contribution >= 0.6 is 0 Å². The molecule has 0 aromatic heterocycles. The van der Waals surface area contributed by atoms with Crippen LogP contribution in [-0.4, -0.2) is 26.4 Å². The summed E-state index contributed by atoms with van der Waals surface area (Å²) >= 11 is 0. The molecule has 1 aliphatic rings. The Kier molecular flexibility index (Phi) is 4.15. The number of halogens is 1. The van der Waals surface area contributed by atoms with Crippen LogP contribution in [0.2, 0.25) is 0 Å². The lowest BCUT2D eigenvalue weighted by molar-refractivity contribution is -0.117. The third kappa shape index (κ3) is 3.30. The van der Waals surface area contributed by atoms with Gasteiger partial charge in [-0.2, -0.15) is 4.72 Å². The molecule has 3 rings (SSSR count). The fourth-order valence-corrected chi connectivity index (χ4v) is 3.64. The number of carbonyl (C=O) groups excluding carboxylic acids is 2. The van der Waals surface area contributed by atoms with Crippen LogP contribution in [0, 0.1) is 5.82 Å². The number of nitrogens with one attached hydrogen (secondary N) is 3. The molecule has 0 saturated carbocycles. The molecule has 0 spiro atoms. The topological polar surface area (TPSA) is 130 Å². The van der Waals surface area contributed by atoms with Crippen LogP contribution in [0.1, 0.15) is 10.4 Å². The van der Waals surface area contributed by atoms with Gasteiger partial charge in [0.1, 0.15) is 10.7 Å². The maximum Gasteiger partial charge on any atom is 0.262 e. The molecule has 5 N–H and O–H groups in total. The number of para-hydroxylation sites is 1. The van der Waals surface area contributed by atoms with Crippen molar-refractivity contribution in [2.45, 2.75) is 11.1 Å². The van der Waals surface area contributed by atoms with E-state index in [4.69, 9.17) is 5.73 Å². The van der Waals surface area contributed by atoms with Crippen molar-refractivity contribution in [3.8, 4) is 0 Å². The number of hydrogen-bond acceptors (Lipinski definition) is 5. The van der Waals surface area contributed by atoms with Gasteiger partial charge in [-0.05, 0) is 30.3 Å². The summed E-state index contributed by atoms with van der Waals surface area (Å²) in [6, 6.07) is 9.08. The fraction of sp³-hybridized carbons (Fsp3) is 0.0667. The van der Waals surface area contributed by atoms with Crippen molar-refractivity contribution in [3.05, 3.63) is 53.8 Å². The van der Waals surface area contributed by atoms with Gasteiger partial charge in [-0.1, -0.05) is 12.1 Å². The number of hydrogen-bond donors (Lipinski definition) is 4. The third-order valence-corrected chi connectivity index (χ3v) is 5.00. The molecular weight excluding hydrogens is 351 g/mol. The summed E-state index contributed by atoms with van der Waals surface area (Å²) in [5.74, 6) is -2.19. The molecule has 2 aromatic carbocycles. The zero-order chi connectivity index (χ0) is 18.2. The number of benzene rings is 2. The first-order chi connectivity index (χ1) is 11.8. The maximum atomic E-state index is 13.4. The minimum Gasteiger partial charge on any atom is -0.366 e. The summed E-state index contributed by atoms with van der Waals surface area (Å²) < 4.78 is 39.9. The van der Waals surface area contributed by atoms with Gasteiger partial charge in [0.25, 0.3) is 11.8 Å². The standard InChI is InChI=1S/C15H13FN4O4S/c16-8-5-6-12-11(7-8)18-14(20-25(12,23)24)15(22)19-10-4-2-1-3-9(10)13(17)21/h1-7,14,18,20H,(H2,17,21)(H,19,22)/t14-/m0/s1. The zero-order valence-corrected chi connectivity index (χ0v) is 13.4. The predicted molar refractivity (Wildman–Crippen MR) is 87.7 cm³/mol. The van der Waals surface area contributed by atoms with Gasteiger partial charge in [-0.3, -0.25) is 9.59 Å². The normalized spacial score (nSPS) is 17.9. The molecule has 0 fully saturated rings. The smallest absolute Gasteiger partial charge is 0.262 e. The van der Waals surface area contributed by atoms with E-state index in [1.54, 1.807) is 12.1 Å². The third-order valence-electron chi connectivity index (χ3n) is 3.52. The number of anilines is 2. The molecule has 0 bridgehead atoms. The highest BCUT2D eigenvalue weighted by atomic mass is 32.2. The Morgan fingerprint density at radius 2 is 1.88 bits per heavy atom. The zero-order valence-electron chi connectivity index (χ0n) is 12.6. The Hall–Kier alpha value is -2.98. The average Bonchev–Trinajstić information content (AvgIpc) is 2.53. The molecule has 0 aliphatic carbocycles. The molecule has 2 aromatic rings. The summed E-state index contributed by atoms with van der Waals surface area (Å²) in [6.45, 7) is 0. The van der Waals surface area contributed by atoms with Gasteiger partial charge in [0.15, 0.2) is 6.17 Å². The van der Waals surface area contributed by atoms with E-state index in [1.165, 1.54) is 12.1 Å². The largest absolute Gasteiger partial charge is 0.366 e. The summed E-state index contributed by atoms with van der Waals surface area (Å²) in [4.78, 5) is 23.6. The first-order valence-electron chi connectivity index (χ1n) is 7.06. The molecular formula is C15H13FN4O4S. The van der Waals surface area contributed by atoms with Crippen LogP contribution < -0.4 is 21.1 Å². The van der Waals surface area contributed by atoms with Crippen LogP contribution in [0.3, 0.4) is 0 Å². The van der Waals surface area contributed by atoms with E-state index in [1.807, 2.05) is 0 Å². The van der Waals surface area contributed by atoms with E-state index in [0.29, 0.717) is 0 Å². The van der Waals surface area contributed by atoms with Gasteiger partial charge in [0.2, 0.25) is 10.0 Å². The quantitative estimate of drug-likeness (QED) is 0.633. The van der Waals surface area contributed by atoms with E-state index >= 15 is 0 Å². The van der Waals surface area contributed by atoms with Gasteiger partial charge in [0, 0.05) is 0 Å². The maximum absolute atomic E-state index is 13.4. The Morgan fingerprint density at radius 3 is 2.60 bits per heavy atom. The van der Waals surface area contributed by atoms with Gasteiger partial charge in [-0.25, -0.2) is 12.8 Å². The van der Waals surface area contributed by atoms with Crippen molar-refractivity contribution in [3.63, 3.8) is 0 Å². The number of primary amides is 1. The first kappa shape index (κ1) is 16.9. The summed E-state index contributed by atoms with van der Waals surface area (Å²) in [5, 5.41) is 5.03. The number of sulfonamides is 1. The lowest BCUT2D eigenvalue weighted by Crippen LogP contribution is -2.51. The molecule has 0 unspecified atom stereocenters. The fourth-order valence-electron chi connectivity index (χ4n) is 2.38. The monoisotopic (exact) mass is 364 g/mol. The summed E-state index contributed by atoms with van der Waals surface area (Å²) in [6.07, 6.45) is -1.39. The number of amides is 2. The molecule has 25 heavy (non-hydrogen) atoms. The van der Waals surface area contributed by atoms with Crippen molar-refractivity contribution in [2.24, 2.45) is 5.73 Å². The highest BCUT2D eigenvalue weighted by Gasteiger charge is 2.33. The van der Waals surface area contributed by atoms with Gasteiger partial charge >= 0.3 is 0 Å². The average molecular weight is 364 g/mol. The van der Waals surface area contributed by atoms with Crippen molar-refractivity contribution in [2.75, 3.05) is 10.6 Å². The lowest BCUT2D eigenvalue weighted by Gasteiger charge is -2.27. The van der Waals surface area contributed by atoms with Crippen molar-refractivity contribution >= 4 is 33.2 Å². The second-order valence-corrected chi connectivity index (χ2v) is 6.92. The van der Waals surface area contributed by atoms with Crippen LogP contribution in [0.25, 0.3) is 0 Å².